The zero-order valence-corrected chi connectivity index (χ0v) is 9.87. The van der Waals surface area contributed by atoms with Crippen molar-refractivity contribution in [2.24, 2.45) is 0 Å². The zero-order valence-electron chi connectivity index (χ0n) is 9.87. The molecule has 0 heterocycles. The van der Waals surface area contributed by atoms with Crippen LogP contribution in [0.5, 0.6) is 5.75 Å². The Morgan fingerprint density at radius 3 is 2.50 bits per heavy atom. The number of alkyl halides is 1. The van der Waals surface area contributed by atoms with Crippen molar-refractivity contribution >= 4 is 12.4 Å². The largest absolute Gasteiger partial charge is 0.460 e. The van der Waals surface area contributed by atoms with Gasteiger partial charge in [-0.25, -0.2) is 4.39 Å². The molecule has 1 unspecified atom stereocenters. The lowest BCUT2D eigenvalue weighted by molar-refractivity contribution is 0.0855. The number of hydrogen-bond donors (Lipinski definition) is 0. The number of carbonyl (C=O) groups is 1. The van der Waals surface area contributed by atoms with Crippen LogP contribution in [0.3, 0.4) is 0 Å². The second kappa shape index (κ2) is 7.63. The first-order chi connectivity index (χ1) is 7.67. The number of hydrogen-bond acceptors (Lipinski definition) is 2. The van der Waals surface area contributed by atoms with E-state index in [9.17, 15) is 9.18 Å². The molecule has 2 nitrogen and oxygen atoms in total. The lowest BCUT2D eigenvalue weighted by Crippen LogP contribution is -2.05. The normalized spacial score (nSPS) is 10.8. The number of aldehydes is 1. The predicted molar refractivity (Wildman–Crippen MR) is 64.5 cm³/mol. The highest BCUT2D eigenvalue weighted by Crippen LogP contribution is 2.22. The van der Waals surface area contributed by atoms with Crippen LogP contribution in [0.25, 0.3) is 6.08 Å². The van der Waals surface area contributed by atoms with Crippen LogP contribution in [-0.2, 0) is 0 Å². The standard InChI is InChI=1S/C11H11FO2.C2H6/c1-3-10-5-4-9(7-13)6-11(10)14-8(2)12;1-2/h3-8H,1H2,2H3;1-2H3. The number of rotatable bonds is 4. The quantitative estimate of drug-likeness (QED) is 0.726. The molecule has 0 amide bonds. The topological polar surface area (TPSA) is 26.3 Å². The molecular formula is C13H17FO2. The zero-order chi connectivity index (χ0) is 12.6. The van der Waals surface area contributed by atoms with E-state index >= 15 is 0 Å². The molecule has 0 aromatic heterocycles. The van der Waals surface area contributed by atoms with Gasteiger partial charge in [0.25, 0.3) is 0 Å². The second-order valence-corrected chi connectivity index (χ2v) is 2.78. The van der Waals surface area contributed by atoms with Crippen molar-refractivity contribution in [1.82, 2.24) is 0 Å². The van der Waals surface area contributed by atoms with Gasteiger partial charge in [-0.2, -0.15) is 0 Å². The molecule has 0 spiro atoms. The summed E-state index contributed by atoms with van der Waals surface area (Å²) in [6.07, 6.45) is 0.824. The maximum absolute atomic E-state index is 12.6. The Kier molecular flexibility index (Phi) is 6.84. The smallest absolute Gasteiger partial charge is 0.235 e. The van der Waals surface area contributed by atoms with Crippen molar-refractivity contribution in [2.75, 3.05) is 0 Å². The van der Waals surface area contributed by atoms with Crippen molar-refractivity contribution in [3.63, 3.8) is 0 Å². The molecule has 0 aliphatic carbocycles. The number of benzene rings is 1. The fourth-order valence-electron chi connectivity index (χ4n) is 1.07. The molecule has 88 valence electrons. The summed E-state index contributed by atoms with van der Waals surface area (Å²) in [5.41, 5.74) is 1.12. The average Bonchev–Trinajstić information content (AvgIpc) is 2.31. The molecular weight excluding hydrogens is 207 g/mol. The van der Waals surface area contributed by atoms with Crippen molar-refractivity contribution in [1.29, 1.82) is 0 Å². The van der Waals surface area contributed by atoms with Crippen LogP contribution < -0.4 is 4.74 Å². The van der Waals surface area contributed by atoms with E-state index in [1.165, 1.54) is 13.0 Å². The molecule has 3 heteroatoms. The Labute approximate surface area is 95.7 Å². The van der Waals surface area contributed by atoms with Gasteiger partial charge in [0.2, 0.25) is 6.36 Å². The highest BCUT2D eigenvalue weighted by molar-refractivity contribution is 5.77. The van der Waals surface area contributed by atoms with Crippen molar-refractivity contribution < 1.29 is 13.9 Å². The van der Waals surface area contributed by atoms with E-state index in [0.717, 1.165) is 0 Å². The highest BCUT2D eigenvalue weighted by atomic mass is 19.1. The minimum atomic E-state index is -1.41. The maximum atomic E-state index is 12.6. The predicted octanol–water partition coefficient (Wildman–Crippen LogP) is 3.86. The Morgan fingerprint density at radius 1 is 1.44 bits per heavy atom. The minimum Gasteiger partial charge on any atom is -0.460 e. The Morgan fingerprint density at radius 2 is 2.06 bits per heavy atom. The summed E-state index contributed by atoms with van der Waals surface area (Å²) in [5.74, 6) is 0.333. The molecule has 1 atom stereocenters. The van der Waals surface area contributed by atoms with Crippen LogP contribution >= 0.6 is 0 Å². The first-order valence-corrected chi connectivity index (χ1v) is 5.19. The molecule has 0 bridgehead atoms. The van der Waals surface area contributed by atoms with Crippen LogP contribution in [0.15, 0.2) is 24.8 Å². The molecule has 1 aromatic rings. The fraction of sp³-hybridized carbons (Fsp3) is 0.308. The molecule has 0 aliphatic rings. The number of halogens is 1. The van der Waals surface area contributed by atoms with Crippen LogP contribution in [0.1, 0.15) is 36.7 Å². The molecule has 0 saturated carbocycles. The lowest BCUT2D eigenvalue weighted by atomic mass is 10.1. The molecule has 1 aromatic carbocycles. The summed E-state index contributed by atoms with van der Waals surface area (Å²) in [6.45, 7) is 8.84. The van der Waals surface area contributed by atoms with Gasteiger partial charge in [0.15, 0.2) is 0 Å². The van der Waals surface area contributed by atoms with E-state index in [4.69, 9.17) is 4.74 Å². The Balaban J connectivity index is 0.00000106. The third-order valence-electron chi connectivity index (χ3n) is 1.68. The van der Waals surface area contributed by atoms with Crippen molar-refractivity contribution in [2.45, 2.75) is 27.1 Å². The number of carbonyl (C=O) groups excluding carboxylic acids is 1. The van der Waals surface area contributed by atoms with E-state index in [1.54, 1.807) is 18.2 Å². The second-order valence-electron chi connectivity index (χ2n) is 2.78. The molecule has 0 aliphatic heterocycles. The first-order valence-electron chi connectivity index (χ1n) is 5.19. The van der Waals surface area contributed by atoms with Crippen molar-refractivity contribution in [3.05, 3.63) is 35.9 Å². The minimum absolute atomic E-state index is 0.333. The summed E-state index contributed by atoms with van der Waals surface area (Å²) in [4.78, 5) is 10.5. The van der Waals surface area contributed by atoms with E-state index in [0.29, 0.717) is 23.2 Å². The average molecular weight is 224 g/mol. The summed E-state index contributed by atoms with van der Waals surface area (Å²) >= 11 is 0. The van der Waals surface area contributed by atoms with E-state index < -0.39 is 6.36 Å². The van der Waals surface area contributed by atoms with Gasteiger partial charge < -0.3 is 4.74 Å². The Bertz CT molecular complexity index is 346. The van der Waals surface area contributed by atoms with Crippen molar-refractivity contribution in [3.8, 4) is 5.75 Å². The summed E-state index contributed by atoms with van der Waals surface area (Å²) in [5, 5.41) is 0. The van der Waals surface area contributed by atoms with E-state index in [-0.39, 0.29) is 0 Å². The molecule has 0 saturated heterocycles. The summed E-state index contributed by atoms with van der Waals surface area (Å²) in [6, 6.07) is 4.77. The third kappa shape index (κ3) is 4.26. The van der Waals surface area contributed by atoms with Gasteiger partial charge in [-0.15, -0.1) is 0 Å². The molecule has 1 rings (SSSR count). The van der Waals surface area contributed by atoms with Gasteiger partial charge in [-0.05, 0) is 6.07 Å². The van der Waals surface area contributed by atoms with Crippen LogP contribution in [-0.4, -0.2) is 12.6 Å². The third-order valence-corrected chi connectivity index (χ3v) is 1.68. The molecule has 16 heavy (non-hydrogen) atoms. The van der Waals surface area contributed by atoms with Crippen LogP contribution in [0.4, 0.5) is 4.39 Å². The molecule has 0 radical (unpaired) electrons. The SMILES string of the molecule is C=Cc1ccc(C=O)cc1OC(C)F.CC. The monoisotopic (exact) mass is 224 g/mol. The summed E-state index contributed by atoms with van der Waals surface area (Å²) < 4.78 is 17.5. The van der Waals surface area contributed by atoms with E-state index in [1.807, 2.05) is 13.8 Å². The molecule has 0 N–H and O–H groups in total. The fourth-order valence-corrected chi connectivity index (χ4v) is 1.07. The maximum Gasteiger partial charge on any atom is 0.235 e. The van der Waals surface area contributed by atoms with Gasteiger partial charge in [0.1, 0.15) is 12.0 Å². The number of ether oxygens (including phenoxy) is 1. The van der Waals surface area contributed by atoms with Crippen LogP contribution in [0.2, 0.25) is 0 Å². The van der Waals surface area contributed by atoms with Gasteiger partial charge >= 0.3 is 0 Å². The first kappa shape index (κ1) is 14.4. The molecule has 0 fully saturated rings. The lowest BCUT2D eigenvalue weighted by Gasteiger charge is -2.10. The summed E-state index contributed by atoms with van der Waals surface area (Å²) in [7, 11) is 0. The van der Waals surface area contributed by atoms with Gasteiger partial charge in [0.05, 0.1) is 0 Å². The van der Waals surface area contributed by atoms with Gasteiger partial charge in [-0.1, -0.05) is 38.6 Å². The van der Waals surface area contributed by atoms with Gasteiger partial charge in [-0.3, -0.25) is 4.79 Å². The highest BCUT2D eigenvalue weighted by Gasteiger charge is 2.05. The van der Waals surface area contributed by atoms with E-state index in [2.05, 4.69) is 6.58 Å². The Hall–Kier alpha value is -1.64. The van der Waals surface area contributed by atoms with Gasteiger partial charge in [0, 0.05) is 18.1 Å². The van der Waals surface area contributed by atoms with Crippen LogP contribution in [0, 0.1) is 0 Å².